The van der Waals surface area contributed by atoms with E-state index in [1.165, 1.54) is 10.8 Å². The SMILES string of the molecule is Cc1cc(N(C)Cc2nc(C(F)(F)F)cs2)n2ncnc2n1. The number of thiazole rings is 1. The van der Waals surface area contributed by atoms with E-state index in [-0.39, 0.29) is 6.54 Å². The lowest BCUT2D eigenvalue weighted by Gasteiger charge is -2.18. The molecule has 0 spiro atoms. The number of aromatic nitrogens is 5. The smallest absolute Gasteiger partial charge is 0.353 e. The summed E-state index contributed by atoms with van der Waals surface area (Å²) in [7, 11) is 1.75. The predicted molar refractivity (Wildman–Crippen MR) is 74.7 cm³/mol. The molecule has 116 valence electrons. The minimum Gasteiger partial charge on any atom is -0.353 e. The largest absolute Gasteiger partial charge is 0.434 e. The van der Waals surface area contributed by atoms with Crippen LogP contribution >= 0.6 is 11.3 Å². The maximum Gasteiger partial charge on any atom is 0.434 e. The molecule has 0 aromatic carbocycles. The van der Waals surface area contributed by atoms with E-state index in [1.807, 2.05) is 6.92 Å². The molecule has 0 N–H and O–H groups in total. The van der Waals surface area contributed by atoms with Gasteiger partial charge in [-0.25, -0.2) is 9.97 Å². The molecule has 0 saturated carbocycles. The zero-order valence-corrected chi connectivity index (χ0v) is 12.5. The third-order valence-electron chi connectivity index (χ3n) is 2.97. The second kappa shape index (κ2) is 5.20. The number of rotatable bonds is 3. The maximum atomic E-state index is 12.6. The van der Waals surface area contributed by atoms with Gasteiger partial charge in [0.1, 0.15) is 17.2 Å². The first-order chi connectivity index (χ1) is 10.3. The molecule has 0 unspecified atom stereocenters. The lowest BCUT2D eigenvalue weighted by Crippen LogP contribution is -2.20. The van der Waals surface area contributed by atoms with Gasteiger partial charge in [-0.3, -0.25) is 0 Å². The minimum atomic E-state index is -4.42. The van der Waals surface area contributed by atoms with Gasteiger partial charge in [0.15, 0.2) is 5.69 Å². The Morgan fingerprint density at radius 2 is 2.09 bits per heavy atom. The molecule has 0 bridgehead atoms. The van der Waals surface area contributed by atoms with E-state index in [2.05, 4.69) is 20.1 Å². The van der Waals surface area contributed by atoms with E-state index < -0.39 is 11.9 Å². The van der Waals surface area contributed by atoms with Crippen molar-refractivity contribution in [2.45, 2.75) is 19.6 Å². The van der Waals surface area contributed by atoms with Crippen molar-refractivity contribution in [2.24, 2.45) is 0 Å². The van der Waals surface area contributed by atoms with Crippen LogP contribution in [0.3, 0.4) is 0 Å². The Labute approximate surface area is 127 Å². The highest BCUT2D eigenvalue weighted by Crippen LogP contribution is 2.30. The van der Waals surface area contributed by atoms with Gasteiger partial charge >= 0.3 is 6.18 Å². The van der Waals surface area contributed by atoms with Crippen LogP contribution in [0.15, 0.2) is 17.8 Å². The van der Waals surface area contributed by atoms with E-state index in [1.54, 1.807) is 18.0 Å². The first-order valence-electron chi connectivity index (χ1n) is 6.25. The van der Waals surface area contributed by atoms with Crippen molar-refractivity contribution in [3.05, 3.63) is 34.2 Å². The van der Waals surface area contributed by atoms with Crippen molar-refractivity contribution in [3.8, 4) is 0 Å². The Hall–Kier alpha value is -2.23. The van der Waals surface area contributed by atoms with E-state index in [4.69, 9.17) is 0 Å². The van der Waals surface area contributed by atoms with Gasteiger partial charge in [0.2, 0.25) is 0 Å². The van der Waals surface area contributed by atoms with Crippen LogP contribution in [0.25, 0.3) is 5.78 Å². The normalized spacial score (nSPS) is 12.0. The van der Waals surface area contributed by atoms with Gasteiger partial charge in [-0.1, -0.05) is 0 Å². The van der Waals surface area contributed by atoms with Gasteiger partial charge in [0.05, 0.1) is 6.54 Å². The van der Waals surface area contributed by atoms with Gasteiger partial charge in [-0.05, 0) is 6.92 Å². The second-order valence-corrected chi connectivity index (χ2v) is 5.65. The Kier molecular flexibility index (Phi) is 3.47. The van der Waals surface area contributed by atoms with Crippen LogP contribution in [0.2, 0.25) is 0 Å². The monoisotopic (exact) mass is 328 g/mol. The molecule has 6 nitrogen and oxygen atoms in total. The summed E-state index contributed by atoms with van der Waals surface area (Å²) < 4.78 is 39.3. The molecule has 0 radical (unpaired) electrons. The molecule has 3 aromatic rings. The highest BCUT2D eigenvalue weighted by molar-refractivity contribution is 7.09. The van der Waals surface area contributed by atoms with Gasteiger partial charge in [0, 0.05) is 24.2 Å². The van der Waals surface area contributed by atoms with Crippen molar-refractivity contribution < 1.29 is 13.2 Å². The first-order valence-corrected chi connectivity index (χ1v) is 7.12. The summed E-state index contributed by atoms with van der Waals surface area (Å²) in [6, 6.07) is 1.79. The lowest BCUT2D eigenvalue weighted by molar-refractivity contribution is -0.140. The van der Waals surface area contributed by atoms with E-state index >= 15 is 0 Å². The minimum absolute atomic E-state index is 0.235. The number of halogens is 3. The van der Waals surface area contributed by atoms with Crippen molar-refractivity contribution in [1.29, 1.82) is 0 Å². The molecule has 10 heteroatoms. The number of aryl methyl sites for hydroxylation is 1. The molecule has 0 amide bonds. The molecule has 0 fully saturated rings. The molecule has 0 aliphatic heterocycles. The molecule has 0 aliphatic rings. The topological polar surface area (TPSA) is 59.2 Å². The molecular weight excluding hydrogens is 317 g/mol. The fourth-order valence-corrected chi connectivity index (χ4v) is 2.83. The predicted octanol–water partition coefficient (Wildman–Crippen LogP) is 2.54. The zero-order valence-electron chi connectivity index (χ0n) is 11.7. The zero-order chi connectivity index (χ0) is 15.9. The van der Waals surface area contributed by atoms with Crippen molar-refractivity contribution in [2.75, 3.05) is 11.9 Å². The second-order valence-electron chi connectivity index (χ2n) is 4.71. The van der Waals surface area contributed by atoms with Crippen LogP contribution in [0.1, 0.15) is 16.4 Å². The molecule has 3 aromatic heterocycles. The Balaban J connectivity index is 1.89. The highest BCUT2D eigenvalue weighted by atomic mass is 32.1. The summed E-state index contributed by atoms with van der Waals surface area (Å²) in [6.07, 6.45) is -3.04. The summed E-state index contributed by atoms with van der Waals surface area (Å²) in [5.74, 6) is 1.13. The number of nitrogens with zero attached hydrogens (tertiary/aromatic N) is 6. The van der Waals surface area contributed by atoms with Gasteiger partial charge < -0.3 is 4.90 Å². The Morgan fingerprint density at radius 1 is 1.32 bits per heavy atom. The number of hydrogen-bond acceptors (Lipinski definition) is 6. The average Bonchev–Trinajstić information content (AvgIpc) is 3.05. The third-order valence-corrected chi connectivity index (χ3v) is 3.80. The van der Waals surface area contributed by atoms with Crippen LogP contribution in [0.4, 0.5) is 19.0 Å². The number of fused-ring (bicyclic) bond motifs is 1. The van der Waals surface area contributed by atoms with E-state index in [0.717, 1.165) is 22.4 Å². The van der Waals surface area contributed by atoms with Crippen molar-refractivity contribution >= 4 is 22.9 Å². The van der Waals surface area contributed by atoms with Gasteiger partial charge in [0.25, 0.3) is 5.78 Å². The molecule has 0 aliphatic carbocycles. The van der Waals surface area contributed by atoms with Gasteiger partial charge in [-0.15, -0.1) is 11.3 Å². The summed E-state index contributed by atoms with van der Waals surface area (Å²) >= 11 is 0.977. The summed E-state index contributed by atoms with van der Waals surface area (Å²) in [6.45, 7) is 2.05. The number of anilines is 1. The van der Waals surface area contributed by atoms with Crippen LogP contribution in [0.5, 0.6) is 0 Å². The van der Waals surface area contributed by atoms with Crippen LogP contribution in [-0.2, 0) is 12.7 Å². The van der Waals surface area contributed by atoms with Crippen molar-refractivity contribution in [1.82, 2.24) is 24.6 Å². The van der Waals surface area contributed by atoms with Crippen LogP contribution in [-0.4, -0.2) is 31.6 Å². The molecular formula is C12H11F3N6S. The fraction of sp³-hybridized carbons (Fsp3) is 0.333. The summed E-state index contributed by atoms with van der Waals surface area (Å²) in [5, 5.41) is 5.46. The number of hydrogen-bond donors (Lipinski definition) is 0. The molecule has 0 atom stereocenters. The fourth-order valence-electron chi connectivity index (χ4n) is 1.98. The van der Waals surface area contributed by atoms with E-state index in [0.29, 0.717) is 16.6 Å². The Bertz CT molecular complexity index is 809. The quantitative estimate of drug-likeness (QED) is 0.739. The first kappa shape index (κ1) is 14.7. The molecule has 0 saturated heterocycles. The standard InChI is InChI=1S/C12H11F3N6S/c1-7-3-10(21-11(18-7)16-6-17-21)20(2)4-9-19-8(5-22-9)12(13,14)15/h3,5-6H,4H2,1-2H3. The molecule has 3 rings (SSSR count). The third kappa shape index (κ3) is 2.73. The van der Waals surface area contributed by atoms with E-state index in [9.17, 15) is 13.2 Å². The highest BCUT2D eigenvalue weighted by Gasteiger charge is 2.33. The van der Waals surface area contributed by atoms with Crippen LogP contribution in [0, 0.1) is 6.92 Å². The molecule has 22 heavy (non-hydrogen) atoms. The average molecular weight is 328 g/mol. The maximum absolute atomic E-state index is 12.6. The Morgan fingerprint density at radius 3 is 2.77 bits per heavy atom. The lowest BCUT2D eigenvalue weighted by atomic mass is 10.4. The number of alkyl halides is 3. The molecule has 3 heterocycles. The van der Waals surface area contributed by atoms with Crippen molar-refractivity contribution in [3.63, 3.8) is 0 Å². The van der Waals surface area contributed by atoms with Gasteiger partial charge in [-0.2, -0.15) is 27.8 Å². The summed E-state index contributed by atoms with van der Waals surface area (Å²) in [5.41, 5.74) is -0.116. The summed E-state index contributed by atoms with van der Waals surface area (Å²) in [4.78, 5) is 13.6. The van der Waals surface area contributed by atoms with Crippen LogP contribution < -0.4 is 4.90 Å².